The van der Waals surface area contributed by atoms with Crippen LogP contribution in [0.5, 0.6) is 0 Å². The van der Waals surface area contributed by atoms with Crippen LogP contribution in [0.4, 0.5) is 0 Å². The molecule has 6 heteroatoms. The van der Waals surface area contributed by atoms with Gasteiger partial charge in [0.1, 0.15) is 0 Å². The van der Waals surface area contributed by atoms with Crippen molar-refractivity contribution in [1.82, 2.24) is 20.4 Å². The monoisotopic (exact) mass is 499 g/mol. The van der Waals surface area contributed by atoms with Gasteiger partial charge >= 0.3 is 0 Å². The summed E-state index contributed by atoms with van der Waals surface area (Å²) in [5.41, 5.74) is 1.40. The second-order valence-electron chi connectivity index (χ2n) is 7.96. The number of nitrogens with one attached hydrogen (secondary N) is 2. The zero-order valence-electron chi connectivity index (χ0n) is 17.6. The second-order valence-corrected chi connectivity index (χ2v) is 7.96. The van der Waals surface area contributed by atoms with Crippen LogP contribution in [0.3, 0.4) is 0 Å². The van der Waals surface area contributed by atoms with E-state index in [2.05, 4.69) is 62.7 Å². The summed E-state index contributed by atoms with van der Waals surface area (Å²) in [4.78, 5) is 9.65. The Morgan fingerprint density at radius 1 is 1.14 bits per heavy atom. The third-order valence-electron chi connectivity index (χ3n) is 5.92. The Kier molecular flexibility index (Phi) is 10.6. The van der Waals surface area contributed by atoms with Gasteiger partial charge in [-0.25, -0.2) is 0 Å². The molecule has 0 saturated carbocycles. The maximum absolute atomic E-state index is 4.46. The van der Waals surface area contributed by atoms with Crippen molar-refractivity contribution in [2.24, 2.45) is 10.9 Å². The van der Waals surface area contributed by atoms with E-state index in [1.807, 2.05) is 7.05 Å². The van der Waals surface area contributed by atoms with Crippen molar-refractivity contribution in [2.45, 2.75) is 38.6 Å². The smallest absolute Gasteiger partial charge is 0.191 e. The molecule has 2 N–H and O–H groups in total. The predicted molar refractivity (Wildman–Crippen MR) is 130 cm³/mol. The number of hydrogen-bond acceptors (Lipinski definition) is 3. The molecule has 2 atom stereocenters. The molecule has 158 valence electrons. The van der Waals surface area contributed by atoms with Crippen LogP contribution < -0.4 is 10.6 Å². The molecular formula is C22H38IN5. The highest BCUT2D eigenvalue weighted by Gasteiger charge is 2.24. The van der Waals surface area contributed by atoms with Crippen molar-refractivity contribution < 1.29 is 0 Å². The molecule has 2 unspecified atom stereocenters. The lowest BCUT2D eigenvalue weighted by atomic mass is 10.1. The standard InChI is InChI=1S/C22H37N5.HI/c1-3-12-26-15-11-19(18-26)16-24-22(23-2)25-17-21(27-13-7-8-14-27)20-9-5-4-6-10-20;/h4-6,9-10,19,21H,3,7-8,11-18H2,1-2H3,(H2,23,24,25);1H. The van der Waals surface area contributed by atoms with Crippen LogP contribution >= 0.6 is 24.0 Å². The highest BCUT2D eigenvalue weighted by molar-refractivity contribution is 14.0. The molecule has 28 heavy (non-hydrogen) atoms. The van der Waals surface area contributed by atoms with Crippen LogP contribution in [-0.4, -0.2) is 68.6 Å². The first-order valence-corrected chi connectivity index (χ1v) is 10.8. The fraction of sp³-hybridized carbons (Fsp3) is 0.682. The molecule has 0 spiro atoms. The number of likely N-dealkylation sites (tertiary alicyclic amines) is 2. The molecule has 2 aliphatic heterocycles. The van der Waals surface area contributed by atoms with Gasteiger partial charge < -0.3 is 15.5 Å². The Labute approximate surface area is 188 Å². The summed E-state index contributed by atoms with van der Waals surface area (Å²) in [6, 6.07) is 11.3. The zero-order valence-corrected chi connectivity index (χ0v) is 19.9. The van der Waals surface area contributed by atoms with Crippen molar-refractivity contribution in [3.63, 3.8) is 0 Å². The van der Waals surface area contributed by atoms with Gasteiger partial charge in [0.05, 0.1) is 6.04 Å². The molecular weight excluding hydrogens is 461 g/mol. The van der Waals surface area contributed by atoms with E-state index in [0.717, 1.165) is 25.0 Å². The van der Waals surface area contributed by atoms with E-state index in [1.54, 1.807) is 0 Å². The summed E-state index contributed by atoms with van der Waals surface area (Å²) in [5, 5.41) is 7.15. The quantitative estimate of drug-likeness (QED) is 0.327. The maximum Gasteiger partial charge on any atom is 0.191 e. The minimum absolute atomic E-state index is 0. The Balaban J connectivity index is 0.00000280. The molecule has 1 aromatic carbocycles. The molecule has 0 radical (unpaired) electrons. The van der Waals surface area contributed by atoms with Crippen LogP contribution in [0.2, 0.25) is 0 Å². The highest BCUT2D eigenvalue weighted by atomic mass is 127. The lowest BCUT2D eigenvalue weighted by Crippen LogP contribution is -2.44. The van der Waals surface area contributed by atoms with Crippen molar-refractivity contribution in [2.75, 3.05) is 52.9 Å². The molecule has 3 rings (SSSR count). The fourth-order valence-electron chi connectivity index (χ4n) is 4.44. The molecule has 2 fully saturated rings. The lowest BCUT2D eigenvalue weighted by molar-refractivity contribution is 0.245. The van der Waals surface area contributed by atoms with Gasteiger partial charge in [-0.15, -0.1) is 24.0 Å². The Morgan fingerprint density at radius 3 is 2.57 bits per heavy atom. The summed E-state index contributed by atoms with van der Waals surface area (Å²) in [5.74, 6) is 1.67. The minimum Gasteiger partial charge on any atom is -0.356 e. The van der Waals surface area contributed by atoms with Crippen molar-refractivity contribution in [3.8, 4) is 0 Å². The van der Waals surface area contributed by atoms with Gasteiger partial charge in [0.25, 0.3) is 0 Å². The normalized spacial score (nSPS) is 22.1. The largest absolute Gasteiger partial charge is 0.356 e. The summed E-state index contributed by atoms with van der Waals surface area (Å²) in [6.07, 6.45) is 5.17. The number of rotatable bonds is 8. The maximum atomic E-state index is 4.46. The molecule has 2 heterocycles. The Hall–Kier alpha value is -0.860. The van der Waals surface area contributed by atoms with Crippen LogP contribution in [0, 0.1) is 5.92 Å². The average Bonchev–Trinajstić information content (AvgIpc) is 3.38. The summed E-state index contributed by atoms with van der Waals surface area (Å²) < 4.78 is 0. The first-order chi connectivity index (χ1) is 13.3. The van der Waals surface area contributed by atoms with Crippen molar-refractivity contribution >= 4 is 29.9 Å². The number of hydrogen-bond donors (Lipinski definition) is 2. The van der Waals surface area contributed by atoms with Gasteiger partial charge in [0.15, 0.2) is 5.96 Å². The van der Waals surface area contributed by atoms with E-state index in [4.69, 9.17) is 0 Å². The minimum atomic E-state index is 0. The molecule has 0 bridgehead atoms. The first-order valence-electron chi connectivity index (χ1n) is 10.8. The van der Waals surface area contributed by atoms with Gasteiger partial charge in [-0.05, 0) is 63.3 Å². The fourth-order valence-corrected chi connectivity index (χ4v) is 4.44. The van der Waals surface area contributed by atoms with E-state index in [0.29, 0.717) is 6.04 Å². The number of guanidine groups is 1. The van der Waals surface area contributed by atoms with E-state index in [-0.39, 0.29) is 24.0 Å². The van der Waals surface area contributed by atoms with Crippen LogP contribution in [0.25, 0.3) is 0 Å². The molecule has 0 aromatic heterocycles. The molecule has 0 aliphatic carbocycles. The molecule has 2 aliphatic rings. The second kappa shape index (κ2) is 12.6. The third kappa shape index (κ3) is 6.88. The summed E-state index contributed by atoms with van der Waals surface area (Å²) in [6.45, 7) is 10.3. The summed E-state index contributed by atoms with van der Waals surface area (Å²) >= 11 is 0. The van der Waals surface area contributed by atoms with E-state index in [1.165, 1.54) is 64.0 Å². The number of nitrogens with zero attached hydrogens (tertiary/aromatic N) is 3. The molecule has 2 saturated heterocycles. The van der Waals surface area contributed by atoms with Crippen LogP contribution in [0.15, 0.2) is 35.3 Å². The number of benzene rings is 1. The molecule has 1 aromatic rings. The van der Waals surface area contributed by atoms with Crippen LogP contribution in [0.1, 0.15) is 44.2 Å². The van der Waals surface area contributed by atoms with Gasteiger partial charge in [-0.2, -0.15) is 0 Å². The van der Waals surface area contributed by atoms with E-state index in [9.17, 15) is 0 Å². The van der Waals surface area contributed by atoms with Crippen molar-refractivity contribution in [1.29, 1.82) is 0 Å². The number of halogens is 1. The third-order valence-corrected chi connectivity index (χ3v) is 5.92. The van der Waals surface area contributed by atoms with Gasteiger partial charge in [-0.1, -0.05) is 37.3 Å². The topological polar surface area (TPSA) is 42.9 Å². The first kappa shape index (κ1) is 23.4. The molecule has 0 amide bonds. The van der Waals surface area contributed by atoms with Gasteiger partial charge in [0.2, 0.25) is 0 Å². The zero-order chi connectivity index (χ0) is 18.9. The Morgan fingerprint density at radius 2 is 1.89 bits per heavy atom. The Bertz CT molecular complexity index is 574. The average molecular weight is 499 g/mol. The highest BCUT2D eigenvalue weighted by Crippen LogP contribution is 2.24. The van der Waals surface area contributed by atoms with Gasteiger partial charge in [0, 0.05) is 26.7 Å². The van der Waals surface area contributed by atoms with E-state index >= 15 is 0 Å². The van der Waals surface area contributed by atoms with Gasteiger partial charge in [-0.3, -0.25) is 9.89 Å². The number of aliphatic imine (C=N–C) groups is 1. The molecule has 5 nitrogen and oxygen atoms in total. The summed E-state index contributed by atoms with van der Waals surface area (Å²) in [7, 11) is 1.88. The SMILES string of the molecule is CCCN1CCC(CNC(=NC)NCC(c2ccccc2)N2CCCC2)C1.I. The lowest BCUT2D eigenvalue weighted by Gasteiger charge is -2.29. The van der Waals surface area contributed by atoms with Crippen molar-refractivity contribution in [3.05, 3.63) is 35.9 Å². The van der Waals surface area contributed by atoms with Crippen LogP contribution in [-0.2, 0) is 0 Å². The predicted octanol–water partition coefficient (Wildman–Crippen LogP) is 3.34. The van der Waals surface area contributed by atoms with E-state index < -0.39 is 0 Å².